The minimum absolute atomic E-state index is 0.598. The van der Waals surface area contributed by atoms with Gasteiger partial charge in [-0.15, -0.1) is 0 Å². The number of aromatic nitrogens is 1. The van der Waals surface area contributed by atoms with E-state index in [0.717, 1.165) is 18.5 Å². The molecule has 0 saturated carbocycles. The maximum Gasteiger partial charge on any atom is 0.129 e. The molecule has 1 N–H and O–H groups in total. The molecule has 0 aliphatic heterocycles. The van der Waals surface area contributed by atoms with Crippen molar-refractivity contribution in [1.82, 2.24) is 10.3 Å². The first-order valence-electron chi connectivity index (χ1n) is 4.79. The van der Waals surface area contributed by atoms with Crippen molar-refractivity contribution in [3.63, 3.8) is 0 Å². The van der Waals surface area contributed by atoms with Crippen LogP contribution in [0.1, 0.15) is 25.8 Å². The van der Waals surface area contributed by atoms with Crippen LogP contribution < -0.4 is 5.32 Å². The van der Waals surface area contributed by atoms with Crippen molar-refractivity contribution in [2.75, 3.05) is 6.54 Å². The number of nitrogens with zero attached hydrogens (tertiary/aromatic N) is 2. The number of nitrogens with one attached hydrogen (secondary N) is 1. The van der Waals surface area contributed by atoms with Crippen molar-refractivity contribution in [2.45, 2.75) is 25.8 Å². The van der Waals surface area contributed by atoms with Gasteiger partial charge in [-0.05, 0) is 37.6 Å². The molecule has 1 aromatic heterocycles. The zero-order valence-electron chi connectivity index (χ0n) is 8.62. The Balaban J connectivity index is 2.86. The molecule has 0 spiro atoms. The third-order valence-corrected chi connectivity index (χ3v) is 2.21. The summed E-state index contributed by atoms with van der Waals surface area (Å²) in [7, 11) is 0. The smallest absolute Gasteiger partial charge is 0.129 e. The predicted molar refractivity (Wildman–Crippen MR) is 55.5 cm³/mol. The Kier molecular flexibility index (Phi) is 3.61. The monoisotopic (exact) mass is 189 g/mol. The molecule has 0 aromatic carbocycles. The maximum absolute atomic E-state index is 9.13. The van der Waals surface area contributed by atoms with Crippen LogP contribution in [0.2, 0.25) is 0 Å². The molecule has 0 radical (unpaired) electrons. The third kappa shape index (κ3) is 2.30. The predicted octanol–water partition coefficient (Wildman–Crippen LogP) is 1.82. The second-order valence-electron chi connectivity index (χ2n) is 3.40. The van der Waals surface area contributed by atoms with Gasteiger partial charge in [0.1, 0.15) is 5.54 Å². The highest BCUT2D eigenvalue weighted by Gasteiger charge is 2.24. The van der Waals surface area contributed by atoms with Crippen molar-refractivity contribution >= 4 is 0 Å². The summed E-state index contributed by atoms with van der Waals surface area (Å²) >= 11 is 0. The summed E-state index contributed by atoms with van der Waals surface area (Å²) in [6, 6.07) is 6.02. The van der Waals surface area contributed by atoms with Gasteiger partial charge in [0.2, 0.25) is 0 Å². The summed E-state index contributed by atoms with van der Waals surface area (Å²) in [5.41, 5.74) is 0.363. The molecule has 0 aliphatic carbocycles. The van der Waals surface area contributed by atoms with Crippen LogP contribution in [0.4, 0.5) is 0 Å². The van der Waals surface area contributed by atoms with Crippen LogP contribution in [0.15, 0.2) is 24.5 Å². The van der Waals surface area contributed by atoms with Crippen LogP contribution in [0.25, 0.3) is 0 Å². The number of hydrogen-bond donors (Lipinski definition) is 1. The second kappa shape index (κ2) is 4.73. The molecule has 74 valence electrons. The number of nitriles is 1. The summed E-state index contributed by atoms with van der Waals surface area (Å²) in [5, 5.41) is 12.4. The standard InChI is InChI=1S/C11H15N3/c1-3-6-14-11(2,9-12)10-4-7-13-8-5-10/h4-5,7-8,14H,3,6H2,1-2H3. The molecule has 0 bridgehead atoms. The van der Waals surface area contributed by atoms with Gasteiger partial charge in [-0.1, -0.05) is 6.92 Å². The summed E-state index contributed by atoms with van der Waals surface area (Å²) in [6.07, 6.45) is 4.43. The molecule has 1 rings (SSSR count). The third-order valence-electron chi connectivity index (χ3n) is 2.21. The normalized spacial score (nSPS) is 14.4. The lowest BCUT2D eigenvalue weighted by molar-refractivity contribution is 0.465. The van der Waals surface area contributed by atoms with Gasteiger partial charge in [0.05, 0.1) is 6.07 Å². The first-order chi connectivity index (χ1) is 6.73. The van der Waals surface area contributed by atoms with Crippen molar-refractivity contribution in [2.24, 2.45) is 0 Å². The average Bonchev–Trinajstić information content (AvgIpc) is 2.27. The van der Waals surface area contributed by atoms with E-state index in [-0.39, 0.29) is 0 Å². The van der Waals surface area contributed by atoms with Crippen LogP contribution in [0.3, 0.4) is 0 Å². The summed E-state index contributed by atoms with van der Waals surface area (Å²) in [6.45, 7) is 4.81. The van der Waals surface area contributed by atoms with Gasteiger partial charge in [0, 0.05) is 12.4 Å². The molecule has 14 heavy (non-hydrogen) atoms. The average molecular weight is 189 g/mol. The first kappa shape index (κ1) is 10.7. The van der Waals surface area contributed by atoms with Gasteiger partial charge in [0.25, 0.3) is 0 Å². The largest absolute Gasteiger partial charge is 0.296 e. The second-order valence-corrected chi connectivity index (χ2v) is 3.40. The molecule has 1 unspecified atom stereocenters. The van der Waals surface area contributed by atoms with E-state index >= 15 is 0 Å². The van der Waals surface area contributed by atoms with E-state index in [1.165, 1.54) is 0 Å². The first-order valence-corrected chi connectivity index (χ1v) is 4.79. The molecule has 1 atom stereocenters. The molecule has 0 fully saturated rings. The number of rotatable bonds is 4. The fraction of sp³-hybridized carbons (Fsp3) is 0.455. The summed E-state index contributed by atoms with van der Waals surface area (Å²) in [5.74, 6) is 0. The number of hydrogen-bond acceptors (Lipinski definition) is 3. The highest BCUT2D eigenvalue weighted by atomic mass is 15.0. The molecular formula is C11H15N3. The molecule has 3 nitrogen and oxygen atoms in total. The molecule has 3 heteroatoms. The fourth-order valence-corrected chi connectivity index (χ4v) is 1.27. The Morgan fingerprint density at radius 1 is 1.50 bits per heavy atom. The summed E-state index contributed by atoms with van der Waals surface area (Å²) < 4.78 is 0. The van der Waals surface area contributed by atoms with E-state index in [0.29, 0.717) is 0 Å². The van der Waals surface area contributed by atoms with E-state index in [4.69, 9.17) is 5.26 Å². The van der Waals surface area contributed by atoms with Crippen molar-refractivity contribution < 1.29 is 0 Å². The molecule has 0 amide bonds. The Hall–Kier alpha value is -1.40. The minimum atomic E-state index is -0.598. The summed E-state index contributed by atoms with van der Waals surface area (Å²) in [4.78, 5) is 3.94. The zero-order valence-corrected chi connectivity index (χ0v) is 8.62. The lowest BCUT2D eigenvalue weighted by Gasteiger charge is -2.23. The fourth-order valence-electron chi connectivity index (χ4n) is 1.27. The van der Waals surface area contributed by atoms with Crippen LogP contribution in [-0.4, -0.2) is 11.5 Å². The molecule has 1 aromatic rings. The van der Waals surface area contributed by atoms with Crippen molar-refractivity contribution in [3.05, 3.63) is 30.1 Å². The highest BCUT2D eigenvalue weighted by molar-refractivity contribution is 5.27. The lowest BCUT2D eigenvalue weighted by Crippen LogP contribution is -2.38. The lowest BCUT2D eigenvalue weighted by atomic mass is 9.94. The van der Waals surface area contributed by atoms with Gasteiger partial charge in [-0.2, -0.15) is 5.26 Å². The Bertz CT molecular complexity index is 315. The van der Waals surface area contributed by atoms with E-state index in [9.17, 15) is 0 Å². The zero-order chi connectivity index (χ0) is 10.4. The minimum Gasteiger partial charge on any atom is -0.296 e. The molecule has 0 saturated heterocycles. The Morgan fingerprint density at radius 3 is 2.64 bits per heavy atom. The van der Waals surface area contributed by atoms with Gasteiger partial charge < -0.3 is 0 Å². The van der Waals surface area contributed by atoms with Gasteiger partial charge in [-0.25, -0.2) is 0 Å². The van der Waals surface area contributed by atoms with E-state index in [1.807, 2.05) is 19.1 Å². The SMILES string of the molecule is CCCNC(C)(C#N)c1ccncc1. The van der Waals surface area contributed by atoms with Gasteiger partial charge in [0.15, 0.2) is 0 Å². The molecular weight excluding hydrogens is 174 g/mol. The molecule has 1 heterocycles. The van der Waals surface area contributed by atoms with Crippen LogP contribution in [-0.2, 0) is 5.54 Å². The van der Waals surface area contributed by atoms with E-state index in [1.54, 1.807) is 12.4 Å². The van der Waals surface area contributed by atoms with Crippen LogP contribution >= 0.6 is 0 Å². The topological polar surface area (TPSA) is 48.7 Å². The van der Waals surface area contributed by atoms with Gasteiger partial charge >= 0.3 is 0 Å². The van der Waals surface area contributed by atoms with Gasteiger partial charge in [-0.3, -0.25) is 10.3 Å². The van der Waals surface area contributed by atoms with Crippen molar-refractivity contribution in [3.8, 4) is 6.07 Å². The molecule has 0 aliphatic rings. The van der Waals surface area contributed by atoms with Crippen molar-refractivity contribution in [1.29, 1.82) is 5.26 Å². The van der Waals surface area contributed by atoms with Crippen LogP contribution in [0.5, 0.6) is 0 Å². The Morgan fingerprint density at radius 2 is 2.14 bits per heavy atom. The van der Waals surface area contributed by atoms with Crippen LogP contribution in [0, 0.1) is 11.3 Å². The maximum atomic E-state index is 9.13. The quantitative estimate of drug-likeness (QED) is 0.786. The Labute approximate surface area is 84.8 Å². The van der Waals surface area contributed by atoms with E-state index in [2.05, 4.69) is 23.3 Å². The van der Waals surface area contributed by atoms with E-state index < -0.39 is 5.54 Å². The highest BCUT2D eigenvalue weighted by Crippen LogP contribution is 2.18. The number of pyridine rings is 1.